The fraction of sp³-hybridized carbons (Fsp3) is 0.0159. The Balaban J connectivity index is 0.963. The molecule has 0 heterocycles. The number of hydrogen-bond acceptors (Lipinski definition) is 1. The van der Waals surface area contributed by atoms with E-state index in [9.17, 15) is 0 Å². The van der Waals surface area contributed by atoms with E-state index in [0.29, 0.717) is 0 Å². The van der Waals surface area contributed by atoms with E-state index in [1.54, 1.807) is 0 Å². The maximum Gasteiger partial charge on any atom is 0.0725 e. The second-order valence-electron chi connectivity index (χ2n) is 17.1. The molecule has 0 saturated carbocycles. The Kier molecular flexibility index (Phi) is 8.20. The van der Waals surface area contributed by atoms with Crippen LogP contribution in [0.15, 0.2) is 249 Å². The highest BCUT2D eigenvalue weighted by Gasteiger charge is 2.49. The minimum Gasteiger partial charge on any atom is -0.310 e. The van der Waals surface area contributed by atoms with Gasteiger partial charge in [0.15, 0.2) is 0 Å². The average Bonchev–Trinajstić information content (AvgIpc) is 3.61. The van der Waals surface area contributed by atoms with Gasteiger partial charge in [-0.25, -0.2) is 0 Å². The Hall–Kier alpha value is -8.26. The molecule has 0 unspecified atom stereocenters. The van der Waals surface area contributed by atoms with Gasteiger partial charge in [-0.3, -0.25) is 0 Å². The van der Waals surface area contributed by atoms with Crippen LogP contribution < -0.4 is 4.90 Å². The molecule has 0 bridgehead atoms. The monoisotopic (exact) mass is 811 g/mol. The fourth-order valence-corrected chi connectivity index (χ4v) is 11.1. The maximum atomic E-state index is 2.49. The lowest BCUT2D eigenvalue weighted by Crippen LogP contribution is -2.29. The van der Waals surface area contributed by atoms with E-state index >= 15 is 0 Å². The van der Waals surface area contributed by atoms with Crippen molar-refractivity contribution in [1.29, 1.82) is 0 Å². The van der Waals surface area contributed by atoms with Crippen LogP contribution in [0.1, 0.15) is 22.3 Å². The molecule has 0 amide bonds. The molecule has 64 heavy (non-hydrogen) atoms. The van der Waals surface area contributed by atoms with Gasteiger partial charge in [-0.1, -0.05) is 212 Å². The first-order valence-electron chi connectivity index (χ1n) is 22.3. The zero-order valence-electron chi connectivity index (χ0n) is 35.1. The quantitative estimate of drug-likeness (QED) is 0.167. The first kappa shape index (κ1) is 36.4. The van der Waals surface area contributed by atoms with Crippen LogP contribution in [0.4, 0.5) is 17.1 Å². The predicted molar refractivity (Wildman–Crippen MR) is 269 cm³/mol. The van der Waals surface area contributed by atoms with E-state index in [1.807, 2.05) is 0 Å². The molecule has 0 N–H and O–H groups in total. The predicted octanol–water partition coefficient (Wildman–Crippen LogP) is 16.8. The lowest BCUT2D eigenvalue weighted by Gasteiger charge is -2.35. The highest BCUT2D eigenvalue weighted by molar-refractivity contribution is 6.01. The van der Waals surface area contributed by atoms with Crippen molar-refractivity contribution >= 4 is 38.6 Å². The van der Waals surface area contributed by atoms with Crippen LogP contribution in [0.25, 0.3) is 77.2 Å². The Labute approximate surface area is 373 Å². The molecule has 2 aliphatic carbocycles. The van der Waals surface area contributed by atoms with Crippen LogP contribution in [-0.2, 0) is 5.41 Å². The fourth-order valence-electron chi connectivity index (χ4n) is 11.1. The molecule has 11 aromatic carbocycles. The number of rotatable bonds is 5. The van der Waals surface area contributed by atoms with Gasteiger partial charge >= 0.3 is 0 Å². The van der Waals surface area contributed by atoms with Crippen molar-refractivity contribution in [2.45, 2.75) is 5.41 Å². The van der Waals surface area contributed by atoms with Crippen LogP contribution in [0, 0.1) is 0 Å². The van der Waals surface area contributed by atoms with Crippen molar-refractivity contribution < 1.29 is 0 Å². The van der Waals surface area contributed by atoms with Crippen LogP contribution in [0.5, 0.6) is 0 Å². The number of nitrogens with zero attached hydrogens (tertiary/aromatic N) is 1. The summed E-state index contributed by atoms with van der Waals surface area (Å²) in [6.45, 7) is 0. The van der Waals surface area contributed by atoms with Gasteiger partial charge in [0.25, 0.3) is 0 Å². The minimum absolute atomic E-state index is 0.516. The summed E-state index contributed by atoms with van der Waals surface area (Å²) >= 11 is 0. The van der Waals surface area contributed by atoms with Gasteiger partial charge < -0.3 is 4.90 Å². The molecule has 1 spiro atoms. The first-order valence-corrected chi connectivity index (χ1v) is 22.3. The van der Waals surface area contributed by atoms with Crippen LogP contribution in [0.3, 0.4) is 0 Å². The Bertz CT molecular complexity index is 3540. The molecule has 0 aliphatic heterocycles. The molecule has 0 saturated heterocycles. The normalized spacial score (nSPS) is 12.8. The molecular formula is C63H41N. The third-order valence-corrected chi connectivity index (χ3v) is 13.9. The van der Waals surface area contributed by atoms with Gasteiger partial charge in [-0.2, -0.15) is 0 Å². The average molecular weight is 812 g/mol. The Morgan fingerprint density at radius 2 is 0.656 bits per heavy atom. The van der Waals surface area contributed by atoms with Gasteiger partial charge in [0.2, 0.25) is 0 Å². The molecule has 1 heteroatoms. The van der Waals surface area contributed by atoms with Crippen molar-refractivity contribution in [3.05, 3.63) is 271 Å². The third kappa shape index (κ3) is 5.38. The Morgan fingerprint density at radius 1 is 0.250 bits per heavy atom. The minimum atomic E-state index is -0.516. The smallest absolute Gasteiger partial charge is 0.0725 e. The third-order valence-electron chi connectivity index (χ3n) is 13.9. The van der Waals surface area contributed by atoms with Crippen LogP contribution >= 0.6 is 0 Å². The van der Waals surface area contributed by atoms with Crippen LogP contribution in [-0.4, -0.2) is 0 Å². The number of fused-ring (bicyclic) bond motifs is 14. The van der Waals surface area contributed by atoms with Crippen LogP contribution in [0.2, 0.25) is 0 Å². The molecule has 0 atom stereocenters. The maximum absolute atomic E-state index is 2.49. The van der Waals surface area contributed by atoms with Gasteiger partial charge in [0.05, 0.1) is 11.1 Å². The van der Waals surface area contributed by atoms with Crippen molar-refractivity contribution in [3.8, 4) is 55.6 Å². The molecule has 298 valence electrons. The highest BCUT2D eigenvalue weighted by Crippen LogP contribution is 2.61. The summed E-state index contributed by atoms with van der Waals surface area (Å²) in [5.41, 5.74) is 20.7. The van der Waals surface area contributed by atoms with Crippen molar-refractivity contribution in [1.82, 2.24) is 0 Å². The summed E-state index contributed by atoms with van der Waals surface area (Å²) in [4.78, 5) is 2.41. The zero-order chi connectivity index (χ0) is 42.2. The molecule has 1 nitrogen and oxygen atoms in total. The molecule has 11 aromatic rings. The van der Waals surface area contributed by atoms with Crippen molar-refractivity contribution in [2.24, 2.45) is 0 Å². The van der Waals surface area contributed by atoms with E-state index in [1.165, 1.54) is 99.4 Å². The van der Waals surface area contributed by atoms with Gasteiger partial charge in [0.1, 0.15) is 0 Å². The molecule has 13 rings (SSSR count). The second kappa shape index (κ2) is 14.4. The second-order valence-corrected chi connectivity index (χ2v) is 17.1. The number of hydrogen-bond donors (Lipinski definition) is 0. The lowest BCUT2D eigenvalue weighted by atomic mass is 9.65. The van der Waals surface area contributed by atoms with E-state index in [4.69, 9.17) is 0 Å². The summed E-state index contributed by atoms with van der Waals surface area (Å²) in [7, 11) is 0. The van der Waals surface area contributed by atoms with E-state index in [2.05, 4.69) is 254 Å². The standard InChI is InChI=1S/C63H41N/c1-3-19-49-43(15-1)17-13-26-50(49)45-33-38-48(39-34-45)64(62-30-14-18-44-16-2-4-20-51(44)62)47-36-31-42(32-37-47)46-35-40-57-56-25-9-12-29-60(56)63(61(57)41-46)58-27-10-7-23-54(58)52-21-5-6-22-53(52)55-24-8-11-28-59(55)63/h1-41H. The van der Waals surface area contributed by atoms with Crippen molar-refractivity contribution in [3.63, 3.8) is 0 Å². The summed E-state index contributed by atoms with van der Waals surface area (Å²) < 4.78 is 0. The van der Waals surface area contributed by atoms with Gasteiger partial charge in [-0.15, -0.1) is 0 Å². The lowest BCUT2D eigenvalue weighted by molar-refractivity contribution is 0.775. The molecular weight excluding hydrogens is 771 g/mol. The summed E-state index contributed by atoms with van der Waals surface area (Å²) in [5, 5.41) is 4.94. The summed E-state index contributed by atoms with van der Waals surface area (Å²) in [5.74, 6) is 0. The number of anilines is 3. The summed E-state index contributed by atoms with van der Waals surface area (Å²) in [6, 6.07) is 92.2. The first-order chi connectivity index (χ1) is 31.8. The largest absolute Gasteiger partial charge is 0.310 e. The summed E-state index contributed by atoms with van der Waals surface area (Å²) in [6.07, 6.45) is 0. The Morgan fingerprint density at radius 3 is 1.27 bits per heavy atom. The molecule has 0 aromatic heterocycles. The van der Waals surface area contributed by atoms with Gasteiger partial charge in [0, 0.05) is 16.8 Å². The van der Waals surface area contributed by atoms with E-state index in [-0.39, 0.29) is 0 Å². The van der Waals surface area contributed by atoms with Crippen molar-refractivity contribution in [2.75, 3.05) is 4.90 Å². The zero-order valence-corrected chi connectivity index (χ0v) is 35.1. The van der Waals surface area contributed by atoms with E-state index < -0.39 is 5.41 Å². The van der Waals surface area contributed by atoms with E-state index in [0.717, 1.165) is 17.1 Å². The highest BCUT2D eigenvalue weighted by atomic mass is 15.1. The topological polar surface area (TPSA) is 3.24 Å². The molecule has 0 radical (unpaired) electrons. The van der Waals surface area contributed by atoms with Gasteiger partial charge in [-0.05, 0) is 130 Å². The molecule has 2 aliphatic rings. The molecule has 0 fully saturated rings. The SMILES string of the molecule is c1ccc2c(c1)-c1ccccc1C1(c3ccccc3-2)c2ccccc2-c2ccc(-c3ccc(N(c4ccc(-c5cccc6ccccc56)cc4)c4cccc5ccccc45)cc3)cc21. The number of benzene rings is 11.